The molecule has 4 nitrogen and oxygen atoms in total. The van der Waals surface area contributed by atoms with Crippen molar-refractivity contribution in [1.29, 1.82) is 0 Å². The van der Waals surface area contributed by atoms with E-state index in [0.29, 0.717) is 18.1 Å². The third kappa shape index (κ3) is 3.80. The molecule has 0 aliphatic carbocycles. The van der Waals surface area contributed by atoms with Gasteiger partial charge in [0.2, 0.25) is 11.7 Å². The van der Waals surface area contributed by atoms with Crippen LogP contribution in [0, 0.1) is 0 Å². The van der Waals surface area contributed by atoms with E-state index < -0.39 is 0 Å². The predicted molar refractivity (Wildman–Crippen MR) is 117 cm³/mol. The molecule has 0 saturated carbocycles. The summed E-state index contributed by atoms with van der Waals surface area (Å²) in [4.78, 5) is 4.68. The summed E-state index contributed by atoms with van der Waals surface area (Å²) in [6, 6.07) is 33.1. The van der Waals surface area contributed by atoms with E-state index in [1.807, 2.05) is 48.8 Å². The largest absolute Gasteiger partial charge is 0.339 e. The number of hydrogen-bond donors (Lipinski definition) is 0. The fourth-order valence-electron chi connectivity index (χ4n) is 3.72. The maximum Gasteiger partial charge on any atom is 0.227 e. The predicted octanol–water partition coefficient (Wildman–Crippen LogP) is 5.90. The van der Waals surface area contributed by atoms with Gasteiger partial charge >= 0.3 is 0 Å². The smallest absolute Gasteiger partial charge is 0.227 e. The molecule has 0 radical (unpaired) electrons. The van der Waals surface area contributed by atoms with Crippen LogP contribution in [-0.4, -0.2) is 14.7 Å². The fraction of sp³-hybridized carbons (Fsp3) is 0.0769. The summed E-state index contributed by atoms with van der Waals surface area (Å²) in [5, 5.41) is 4.23. The van der Waals surface area contributed by atoms with Crippen LogP contribution in [-0.2, 0) is 6.42 Å². The van der Waals surface area contributed by atoms with Crippen LogP contribution in [0.2, 0.25) is 0 Å². The Balaban J connectivity index is 1.40. The first-order valence-corrected chi connectivity index (χ1v) is 10.0. The van der Waals surface area contributed by atoms with E-state index in [2.05, 4.69) is 75.4 Å². The lowest BCUT2D eigenvalue weighted by Gasteiger charge is -2.16. The molecule has 30 heavy (non-hydrogen) atoms. The molecule has 0 atom stereocenters. The second kappa shape index (κ2) is 8.21. The van der Waals surface area contributed by atoms with Crippen LogP contribution in [0.1, 0.15) is 22.9 Å². The Hall–Kier alpha value is -3.92. The van der Waals surface area contributed by atoms with Gasteiger partial charge in [-0.2, -0.15) is 4.98 Å². The van der Waals surface area contributed by atoms with Gasteiger partial charge in [-0.15, -0.1) is 0 Å². The Labute approximate surface area is 175 Å². The number of hydrogen-bond acceptors (Lipinski definition) is 3. The molecule has 0 aliphatic heterocycles. The van der Waals surface area contributed by atoms with Gasteiger partial charge in [0.05, 0.1) is 0 Å². The van der Waals surface area contributed by atoms with Crippen LogP contribution in [0.15, 0.2) is 114 Å². The number of benzene rings is 3. The molecular formula is C26H21N3O. The standard InChI is InChI=1S/C26H21N3O/c1-3-9-20(10-4-1)24(21-11-5-2-6-12-21)19-25-27-26(28-30-25)22-13-15-23(16-14-22)29-17-7-8-18-29/h1-18,24H,19H2. The van der Waals surface area contributed by atoms with Crippen molar-refractivity contribution in [2.45, 2.75) is 12.3 Å². The van der Waals surface area contributed by atoms with Crippen LogP contribution in [0.5, 0.6) is 0 Å². The summed E-state index contributed by atoms with van der Waals surface area (Å²) < 4.78 is 7.69. The molecule has 2 aromatic heterocycles. The molecule has 4 heteroatoms. The summed E-state index contributed by atoms with van der Waals surface area (Å²) in [6.45, 7) is 0. The van der Waals surface area contributed by atoms with Gasteiger partial charge in [-0.25, -0.2) is 0 Å². The van der Waals surface area contributed by atoms with E-state index in [1.54, 1.807) is 0 Å². The van der Waals surface area contributed by atoms with Crippen molar-refractivity contribution in [3.63, 3.8) is 0 Å². The number of aromatic nitrogens is 3. The van der Waals surface area contributed by atoms with Crippen molar-refractivity contribution < 1.29 is 4.52 Å². The number of rotatable bonds is 6. The SMILES string of the molecule is c1ccc(C(Cc2nc(-c3ccc(-n4cccc4)cc3)no2)c2ccccc2)cc1. The molecule has 0 fully saturated rings. The van der Waals surface area contributed by atoms with Gasteiger partial charge in [-0.05, 0) is 47.5 Å². The van der Waals surface area contributed by atoms with Crippen molar-refractivity contribution in [1.82, 2.24) is 14.7 Å². The first-order valence-electron chi connectivity index (χ1n) is 10.0. The molecule has 0 spiro atoms. The Bertz CT molecular complexity index is 1150. The van der Waals surface area contributed by atoms with E-state index in [9.17, 15) is 0 Å². The molecule has 3 aromatic carbocycles. The topological polar surface area (TPSA) is 43.9 Å². The van der Waals surface area contributed by atoms with E-state index in [4.69, 9.17) is 4.52 Å². The highest BCUT2D eigenvalue weighted by atomic mass is 16.5. The van der Waals surface area contributed by atoms with Crippen LogP contribution in [0.25, 0.3) is 17.1 Å². The molecule has 2 heterocycles. The lowest BCUT2D eigenvalue weighted by Crippen LogP contribution is -2.05. The summed E-state index contributed by atoms with van der Waals surface area (Å²) in [7, 11) is 0. The third-order valence-electron chi connectivity index (χ3n) is 5.28. The van der Waals surface area contributed by atoms with Crippen molar-refractivity contribution in [2.75, 3.05) is 0 Å². The molecule has 146 valence electrons. The summed E-state index contributed by atoms with van der Waals surface area (Å²) in [5.74, 6) is 1.41. The van der Waals surface area contributed by atoms with E-state index >= 15 is 0 Å². The monoisotopic (exact) mass is 391 g/mol. The Morgan fingerprint density at radius 3 is 1.90 bits per heavy atom. The lowest BCUT2D eigenvalue weighted by molar-refractivity contribution is 0.374. The summed E-state index contributed by atoms with van der Waals surface area (Å²) in [5.41, 5.74) is 4.51. The Kier molecular flexibility index (Phi) is 4.96. The number of nitrogens with zero attached hydrogens (tertiary/aromatic N) is 3. The molecule has 0 unspecified atom stereocenters. The van der Waals surface area contributed by atoms with Gasteiger partial charge in [0.1, 0.15) is 0 Å². The van der Waals surface area contributed by atoms with E-state index in [-0.39, 0.29) is 5.92 Å². The molecule has 0 bridgehead atoms. The highest BCUT2D eigenvalue weighted by molar-refractivity contribution is 5.56. The summed E-state index contributed by atoms with van der Waals surface area (Å²) >= 11 is 0. The minimum absolute atomic E-state index is 0.164. The first kappa shape index (κ1) is 18.1. The van der Waals surface area contributed by atoms with Crippen molar-refractivity contribution in [3.8, 4) is 17.1 Å². The van der Waals surface area contributed by atoms with Crippen molar-refractivity contribution in [2.24, 2.45) is 0 Å². The lowest BCUT2D eigenvalue weighted by atomic mass is 9.88. The Morgan fingerprint density at radius 1 is 0.700 bits per heavy atom. The summed E-state index contributed by atoms with van der Waals surface area (Å²) in [6.07, 6.45) is 4.70. The van der Waals surface area contributed by atoms with E-state index in [1.165, 1.54) is 11.1 Å². The van der Waals surface area contributed by atoms with Crippen LogP contribution in [0.4, 0.5) is 0 Å². The van der Waals surface area contributed by atoms with Gasteiger partial charge in [0.15, 0.2) is 0 Å². The zero-order chi connectivity index (χ0) is 20.2. The van der Waals surface area contributed by atoms with Crippen molar-refractivity contribution in [3.05, 3.63) is 126 Å². The second-order valence-corrected chi connectivity index (χ2v) is 7.23. The fourth-order valence-corrected chi connectivity index (χ4v) is 3.72. The highest BCUT2D eigenvalue weighted by Gasteiger charge is 2.19. The first-order chi connectivity index (χ1) is 14.9. The molecule has 0 aliphatic rings. The minimum Gasteiger partial charge on any atom is -0.339 e. The maximum atomic E-state index is 5.63. The van der Waals surface area contributed by atoms with Gasteiger partial charge < -0.3 is 9.09 Å². The quantitative estimate of drug-likeness (QED) is 0.362. The third-order valence-corrected chi connectivity index (χ3v) is 5.28. The average Bonchev–Trinajstić information content (AvgIpc) is 3.51. The normalized spacial score (nSPS) is 11.1. The molecular weight excluding hydrogens is 370 g/mol. The maximum absolute atomic E-state index is 5.63. The van der Waals surface area contributed by atoms with Crippen molar-refractivity contribution >= 4 is 0 Å². The van der Waals surface area contributed by atoms with Crippen LogP contribution in [0.3, 0.4) is 0 Å². The Morgan fingerprint density at radius 2 is 1.30 bits per heavy atom. The molecule has 0 amide bonds. The van der Waals surface area contributed by atoms with Gasteiger partial charge in [-0.3, -0.25) is 0 Å². The van der Waals surface area contributed by atoms with Gasteiger partial charge in [-0.1, -0.05) is 65.8 Å². The van der Waals surface area contributed by atoms with Crippen LogP contribution < -0.4 is 0 Å². The zero-order valence-electron chi connectivity index (χ0n) is 16.4. The molecule has 5 rings (SSSR count). The van der Waals surface area contributed by atoms with E-state index in [0.717, 1.165) is 11.3 Å². The van der Waals surface area contributed by atoms with Crippen LogP contribution >= 0.6 is 0 Å². The highest BCUT2D eigenvalue weighted by Crippen LogP contribution is 2.29. The molecule has 0 saturated heterocycles. The average molecular weight is 391 g/mol. The molecule has 0 N–H and O–H groups in total. The van der Waals surface area contributed by atoms with Gasteiger partial charge in [0, 0.05) is 36.0 Å². The van der Waals surface area contributed by atoms with Gasteiger partial charge in [0.25, 0.3) is 0 Å². The second-order valence-electron chi connectivity index (χ2n) is 7.23. The molecule has 5 aromatic rings. The minimum atomic E-state index is 0.164. The zero-order valence-corrected chi connectivity index (χ0v) is 16.4.